The van der Waals surface area contributed by atoms with E-state index < -0.39 is 17.4 Å². The van der Waals surface area contributed by atoms with Crippen LogP contribution in [-0.2, 0) is 9.59 Å². The summed E-state index contributed by atoms with van der Waals surface area (Å²) in [6.45, 7) is 5.34. The zero-order chi connectivity index (χ0) is 19.3. The van der Waals surface area contributed by atoms with Crippen molar-refractivity contribution in [1.82, 2.24) is 10.3 Å². The van der Waals surface area contributed by atoms with Crippen LogP contribution in [0.1, 0.15) is 36.6 Å². The lowest BCUT2D eigenvalue weighted by Crippen LogP contribution is -2.39. The SMILES string of the molecule is Cc1c(C(c2ccccc2)C2C(=O)NC(C)(C)C2=O)[nH]c2ccc(F)cc12. The molecule has 1 aliphatic rings. The Hall–Kier alpha value is -2.95. The number of aromatic nitrogens is 1. The summed E-state index contributed by atoms with van der Waals surface area (Å²) in [7, 11) is 0. The quantitative estimate of drug-likeness (QED) is 0.694. The van der Waals surface area contributed by atoms with Crippen molar-refractivity contribution in [1.29, 1.82) is 0 Å². The van der Waals surface area contributed by atoms with Crippen molar-refractivity contribution in [2.24, 2.45) is 5.92 Å². The third-order valence-corrected chi connectivity index (χ3v) is 5.48. The first-order valence-corrected chi connectivity index (χ1v) is 8.98. The molecule has 2 atom stereocenters. The predicted octanol–water partition coefficient (Wildman–Crippen LogP) is 3.84. The number of carbonyl (C=O) groups excluding carboxylic acids is 2. The van der Waals surface area contributed by atoms with Gasteiger partial charge in [-0.1, -0.05) is 30.3 Å². The van der Waals surface area contributed by atoms with E-state index in [1.54, 1.807) is 19.9 Å². The minimum atomic E-state index is -0.902. The molecule has 0 radical (unpaired) electrons. The summed E-state index contributed by atoms with van der Waals surface area (Å²) in [6, 6.07) is 14.1. The van der Waals surface area contributed by atoms with Gasteiger partial charge in [0.25, 0.3) is 0 Å². The Morgan fingerprint density at radius 3 is 2.41 bits per heavy atom. The number of carbonyl (C=O) groups is 2. The van der Waals surface area contributed by atoms with Crippen LogP contribution in [0.4, 0.5) is 4.39 Å². The van der Waals surface area contributed by atoms with Gasteiger partial charge in [-0.15, -0.1) is 0 Å². The third kappa shape index (κ3) is 2.74. The molecule has 0 aliphatic carbocycles. The van der Waals surface area contributed by atoms with Crippen molar-refractivity contribution in [3.8, 4) is 0 Å². The van der Waals surface area contributed by atoms with E-state index in [2.05, 4.69) is 10.3 Å². The predicted molar refractivity (Wildman–Crippen MR) is 102 cm³/mol. The zero-order valence-corrected chi connectivity index (χ0v) is 15.5. The van der Waals surface area contributed by atoms with Gasteiger partial charge < -0.3 is 10.3 Å². The van der Waals surface area contributed by atoms with Gasteiger partial charge in [-0.05, 0) is 50.1 Å². The number of ketones is 1. The van der Waals surface area contributed by atoms with E-state index in [9.17, 15) is 14.0 Å². The molecule has 0 spiro atoms. The van der Waals surface area contributed by atoms with Crippen LogP contribution < -0.4 is 5.32 Å². The van der Waals surface area contributed by atoms with E-state index in [4.69, 9.17) is 0 Å². The fraction of sp³-hybridized carbons (Fsp3) is 0.273. The van der Waals surface area contributed by atoms with Crippen molar-refractivity contribution in [2.45, 2.75) is 32.2 Å². The number of nitrogens with one attached hydrogen (secondary N) is 2. The van der Waals surface area contributed by atoms with E-state index >= 15 is 0 Å². The molecule has 1 amide bonds. The average Bonchev–Trinajstić information content (AvgIpc) is 3.05. The van der Waals surface area contributed by atoms with E-state index in [0.717, 1.165) is 27.7 Å². The molecule has 1 aliphatic heterocycles. The molecule has 0 bridgehead atoms. The summed E-state index contributed by atoms with van der Waals surface area (Å²) in [5.41, 5.74) is 2.38. The Morgan fingerprint density at radius 2 is 1.78 bits per heavy atom. The Balaban J connectivity index is 1.94. The van der Waals surface area contributed by atoms with Crippen LogP contribution in [0, 0.1) is 18.7 Å². The highest BCUT2D eigenvalue weighted by atomic mass is 19.1. The Morgan fingerprint density at radius 1 is 1.07 bits per heavy atom. The highest BCUT2D eigenvalue weighted by Gasteiger charge is 2.51. The van der Waals surface area contributed by atoms with Gasteiger partial charge in [-0.2, -0.15) is 0 Å². The summed E-state index contributed by atoms with van der Waals surface area (Å²) in [5, 5.41) is 3.57. The Labute approximate surface area is 156 Å². The maximum Gasteiger partial charge on any atom is 0.232 e. The molecule has 0 saturated carbocycles. The first kappa shape index (κ1) is 17.5. The highest BCUT2D eigenvalue weighted by Crippen LogP contribution is 2.40. The molecule has 1 saturated heterocycles. The van der Waals surface area contributed by atoms with Crippen LogP contribution in [0.2, 0.25) is 0 Å². The number of halogens is 1. The van der Waals surface area contributed by atoms with E-state index in [1.807, 2.05) is 37.3 Å². The first-order chi connectivity index (χ1) is 12.8. The highest BCUT2D eigenvalue weighted by molar-refractivity contribution is 6.13. The molecule has 2 unspecified atom stereocenters. The summed E-state index contributed by atoms with van der Waals surface area (Å²) in [5.74, 6) is -2.02. The van der Waals surface area contributed by atoms with Crippen LogP contribution in [0.5, 0.6) is 0 Å². The molecule has 2 aromatic carbocycles. The van der Waals surface area contributed by atoms with Gasteiger partial charge in [-0.25, -0.2) is 4.39 Å². The minimum Gasteiger partial charge on any atom is -0.358 e. The number of H-pyrrole nitrogens is 1. The number of hydrogen-bond acceptors (Lipinski definition) is 2. The smallest absolute Gasteiger partial charge is 0.232 e. The second kappa shape index (κ2) is 6.05. The lowest BCUT2D eigenvalue weighted by molar-refractivity contribution is -0.129. The second-order valence-electron chi connectivity index (χ2n) is 7.70. The Bertz CT molecular complexity index is 1050. The number of hydrogen-bond donors (Lipinski definition) is 2. The van der Waals surface area contributed by atoms with Gasteiger partial charge in [0.2, 0.25) is 5.91 Å². The molecule has 2 N–H and O–H groups in total. The van der Waals surface area contributed by atoms with Crippen LogP contribution in [-0.4, -0.2) is 22.2 Å². The van der Waals surface area contributed by atoms with Gasteiger partial charge >= 0.3 is 0 Å². The Kier molecular flexibility index (Phi) is 3.91. The minimum absolute atomic E-state index is 0.134. The molecule has 1 aromatic heterocycles. The van der Waals surface area contributed by atoms with Crippen LogP contribution >= 0.6 is 0 Å². The first-order valence-electron chi connectivity index (χ1n) is 8.98. The summed E-state index contributed by atoms with van der Waals surface area (Å²) >= 11 is 0. The van der Waals surface area contributed by atoms with E-state index in [1.165, 1.54) is 12.1 Å². The molecule has 3 aromatic rings. The van der Waals surface area contributed by atoms with E-state index in [-0.39, 0.29) is 17.5 Å². The molecule has 1 fully saturated rings. The third-order valence-electron chi connectivity index (χ3n) is 5.48. The number of aromatic amines is 1. The fourth-order valence-electron chi connectivity index (χ4n) is 4.07. The molecular weight excluding hydrogens is 343 g/mol. The van der Waals surface area contributed by atoms with Gasteiger partial charge in [0.05, 0.1) is 5.54 Å². The average molecular weight is 364 g/mol. The van der Waals surface area contributed by atoms with Crippen molar-refractivity contribution < 1.29 is 14.0 Å². The number of Topliss-reactive ketones (excluding diaryl/α,β-unsaturated/α-hetero) is 1. The van der Waals surface area contributed by atoms with Gasteiger partial charge in [0, 0.05) is 22.5 Å². The normalized spacial score (nSPS) is 20.1. The summed E-state index contributed by atoms with van der Waals surface area (Å²) in [6.07, 6.45) is 0. The summed E-state index contributed by atoms with van der Waals surface area (Å²) < 4.78 is 13.7. The number of aryl methyl sites for hydroxylation is 1. The molecule has 5 heteroatoms. The van der Waals surface area contributed by atoms with E-state index in [0.29, 0.717) is 0 Å². The van der Waals surface area contributed by atoms with Crippen LogP contribution in [0.3, 0.4) is 0 Å². The van der Waals surface area contributed by atoms with Gasteiger partial charge in [0.1, 0.15) is 11.7 Å². The maximum absolute atomic E-state index is 13.7. The van der Waals surface area contributed by atoms with Gasteiger partial charge in [-0.3, -0.25) is 9.59 Å². The van der Waals surface area contributed by atoms with Crippen LogP contribution in [0.25, 0.3) is 10.9 Å². The molecule has 138 valence electrons. The molecule has 27 heavy (non-hydrogen) atoms. The largest absolute Gasteiger partial charge is 0.358 e. The van der Waals surface area contributed by atoms with Crippen molar-refractivity contribution >= 4 is 22.6 Å². The number of rotatable bonds is 3. The maximum atomic E-state index is 13.7. The topological polar surface area (TPSA) is 62.0 Å². The molecule has 2 heterocycles. The summed E-state index contributed by atoms with van der Waals surface area (Å²) in [4.78, 5) is 29.1. The molecule has 4 rings (SSSR count). The monoisotopic (exact) mass is 364 g/mol. The van der Waals surface area contributed by atoms with Crippen molar-refractivity contribution in [2.75, 3.05) is 0 Å². The lowest BCUT2D eigenvalue weighted by atomic mass is 9.78. The lowest BCUT2D eigenvalue weighted by Gasteiger charge is -2.22. The second-order valence-corrected chi connectivity index (χ2v) is 7.70. The zero-order valence-electron chi connectivity index (χ0n) is 15.5. The van der Waals surface area contributed by atoms with Crippen LogP contribution in [0.15, 0.2) is 48.5 Å². The fourth-order valence-corrected chi connectivity index (χ4v) is 4.07. The van der Waals surface area contributed by atoms with Crippen molar-refractivity contribution in [3.05, 3.63) is 71.2 Å². The molecular formula is C22H21FN2O2. The standard InChI is InChI=1S/C22H21FN2O2/c1-12-15-11-14(23)9-10-16(15)24-19(12)17(13-7-5-4-6-8-13)18-20(26)22(2,3)25-21(18)27/h4-11,17-18,24H,1-3H3,(H,25,27). The van der Waals surface area contributed by atoms with Crippen molar-refractivity contribution in [3.63, 3.8) is 0 Å². The number of benzene rings is 2. The molecule has 4 nitrogen and oxygen atoms in total. The number of fused-ring (bicyclic) bond motifs is 1. The van der Waals surface area contributed by atoms with Gasteiger partial charge in [0.15, 0.2) is 5.78 Å². The number of amides is 1.